The van der Waals surface area contributed by atoms with E-state index >= 15 is 0 Å². The van der Waals surface area contributed by atoms with Gasteiger partial charge in [-0.3, -0.25) is 9.59 Å². The molecule has 0 saturated carbocycles. The molecule has 0 unspecified atom stereocenters. The van der Waals surface area contributed by atoms with Gasteiger partial charge in [0.1, 0.15) is 17.9 Å². The number of rotatable bonds is 8. The Hall–Kier alpha value is -2.74. The van der Waals surface area contributed by atoms with E-state index in [0.717, 1.165) is 4.47 Å². The highest BCUT2D eigenvalue weighted by Gasteiger charge is 2.27. The second-order valence-electron chi connectivity index (χ2n) is 6.24. The second-order valence-corrected chi connectivity index (χ2v) is 7.10. The van der Waals surface area contributed by atoms with Crippen LogP contribution in [-0.2, 0) is 27.2 Å². The maximum Gasteiger partial charge on any atom is 0.326 e. The summed E-state index contributed by atoms with van der Waals surface area (Å²) in [5.74, 6) is -2.89. The monoisotopic (exact) mass is 450 g/mol. The Bertz CT molecular complexity index is 875. The third-order valence-electron chi connectivity index (χ3n) is 4.07. The van der Waals surface area contributed by atoms with Crippen molar-refractivity contribution in [3.05, 3.63) is 69.9 Å². The Morgan fingerprint density at radius 2 is 1.54 bits per heavy atom. The molecule has 2 amide bonds. The van der Waals surface area contributed by atoms with Crippen molar-refractivity contribution in [1.82, 2.24) is 10.6 Å². The van der Waals surface area contributed by atoms with Gasteiger partial charge in [0.05, 0.1) is 0 Å². The Morgan fingerprint density at radius 3 is 2.11 bits per heavy atom. The summed E-state index contributed by atoms with van der Waals surface area (Å²) in [6, 6.07) is 10.7. The van der Waals surface area contributed by atoms with Crippen LogP contribution in [0.5, 0.6) is 0 Å². The van der Waals surface area contributed by atoms with Gasteiger partial charge in [0.25, 0.3) is 0 Å². The molecule has 148 valence electrons. The molecule has 0 spiro atoms. The fourth-order valence-corrected chi connectivity index (χ4v) is 3.14. The summed E-state index contributed by atoms with van der Waals surface area (Å²) in [7, 11) is 0. The fraction of sp³-hybridized carbons (Fsp3) is 0.250. The molecule has 0 saturated heterocycles. The van der Waals surface area contributed by atoms with Gasteiger partial charge in [0.15, 0.2) is 0 Å². The van der Waals surface area contributed by atoms with E-state index < -0.39 is 35.7 Å². The summed E-state index contributed by atoms with van der Waals surface area (Å²) in [6.45, 7) is 1.23. The summed E-state index contributed by atoms with van der Waals surface area (Å²) in [6.07, 6.45) is -0.0472. The smallest absolute Gasteiger partial charge is 0.326 e. The summed E-state index contributed by atoms with van der Waals surface area (Å²) in [5.41, 5.74) is 0.953. The van der Waals surface area contributed by atoms with Crippen molar-refractivity contribution in [2.45, 2.75) is 31.8 Å². The molecule has 2 rings (SSSR count). The van der Waals surface area contributed by atoms with Gasteiger partial charge in [-0.1, -0.05) is 52.3 Å². The van der Waals surface area contributed by atoms with Gasteiger partial charge in [-0.2, -0.15) is 0 Å². The van der Waals surface area contributed by atoms with Crippen LogP contribution in [-0.4, -0.2) is 35.0 Å². The molecular weight excluding hydrogens is 431 g/mol. The van der Waals surface area contributed by atoms with Crippen LogP contribution in [0.3, 0.4) is 0 Å². The topological polar surface area (TPSA) is 95.5 Å². The highest BCUT2D eigenvalue weighted by atomic mass is 79.9. The van der Waals surface area contributed by atoms with Crippen LogP contribution in [0.25, 0.3) is 0 Å². The number of carboxylic acid groups (broad SMARTS) is 1. The van der Waals surface area contributed by atoms with Crippen molar-refractivity contribution < 1.29 is 23.9 Å². The number of nitrogens with one attached hydrogen (secondary N) is 2. The Morgan fingerprint density at radius 1 is 0.964 bits per heavy atom. The Labute approximate surface area is 170 Å². The lowest BCUT2D eigenvalue weighted by Crippen LogP contribution is -2.52. The number of aliphatic carboxylic acids is 1. The van der Waals surface area contributed by atoms with Crippen molar-refractivity contribution in [1.29, 1.82) is 0 Å². The minimum absolute atomic E-state index is 0.0506. The largest absolute Gasteiger partial charge is 0.480 e. The van der Waals surface area contributed by atoms with Crippen LogP contribution in [0.1, 0.15) is 18.1 Å². The number of hydrogen-bond donors (Lipinski definition) is 3. The fourth-order valence-electron chi connectivity index (χ4n) is 2.69. The van der Waals surface area contributed by atoms with E-state index in [1.54, 1.807) is 30.3 Å². The van der Waals surface area contributed by atoms with E-state index in [9.17, 15) is 23.9 Å². The van der Waals surface area contributed by atoms with Crippen LogP contribution < -0.4 is 10.6 Å². The minimum Gasteiger partial charge on any atom is -0.480 e. The van der Waals surface area contributed by atoms with E-state index in [0.29, 0.717) is 5.56 Å². The molecule has 2 aromatic rings. The lowest BCUT2D eigenvalue weighted by atomic mass is 10.0. The van der Waals surface area contributed by atoms with Crippen LogP contribution in [0.2, 0.25) is 0 Å². The normalized spacial score (nSPS) is 12.7. The van der Waals surface area contributed by atoms with Crippen molar-refractivity contribution in [3.63, 3.8) is 0 Å². The van der Waals surface area contributed by atoms with Gasteiger partial charge < -0.3 is 15.7 Å². The van der Waals surface area contributed by atoms with E-state index in [1.807, 2.05) is 0 Å². The summed E-state index contributed by atoms with van der Waals surface area (Å²) in [4.78, 5) is 35.8. The molecule has 0 heterocycles. The number of hydrogen-bond acceptors (Lipinski definition) is 3. The molecule has 0 aliphatic carbocycles. The number of amides is 2. The molecule has 0 fully saturated rings. The van der Waals surface area contributed by atoms with E-state index in [1.165, 1.54) is 25.1 Å². The first-order chi connectivity index (χ1) is 13.3. The third kappa shape index (κ3) is 6.16. The van der Waals surface area contributed by atoms with Crippen molar-refractivity contribution in [2.75, 3.05) is 0 Å². The Balaban J connectivity index is 2.17. The average Bonchev–Trinajstić information content (AvgIpc) is 2.63. The molecular formula is C20H20BrFN2O4. The molecule has 0 aromatic heterocycles. The van der Waals surface area contributed by atoms with Crippen LogP contribution in [0, 0.1) is 5.82 Å². The average molecular weight is 451 g/mol. The molecule has 2 aromatic carbocycles. The highest BCUT2D eigenvalue weighted by Crippen LogP contribution is 2.18. The predicted molar refractivity (Wildman–Crippen MR) is 105 cm³/mol. The molecule has 0 bridgehead atoms. The van der Waals surface area contributed by atoms with Crippen molar-refractivity contribution in [2.24, 2.45) is 0 Å². The van der Waals surface area contributed by atoms with Gasteiger partial charge >= 0.3 is 5.97 Å². The van der Waals surface area contributed by atoms with E-state index in [-0.39, 0.29) is 18.4 Å². The van der Waals surface area contributed by atoms with Crippen LogP contribution in [0.4, 0.5) is 4.39 Å². The molecule has 0 radical (unpaired) electrons. The molecule has 0 aliphatic rings. The van der Waals surface area contributed by atoms with Gasteiger partial charge in [-0.25, -0.2) is 9.18 Å². The molecule has 8 heteroatoms. The minimum atomic E-state index is -1.21. The molecule has 2 atom stereocenters. The van der Waals surface area contributed by atoms with E-state index in [2.05, 4.69) is 26.6 Å². The highest BCUT2D eigenvalue weighted by molar-refractivity contribution is 9.10. The molecule has 28 heavy (non-hydrogen) atoms. The van der Waals surface area contributed by atoms with Crippen LogP contribution in [0.15, 0.2) is 53.0 Å². The van der Waals surface area contributed by atoms with Gasteiger partial charge in [0.2, 0.25) is 11.8 Å². The molecule has 3 N–H and O–H groups in total. The van der Waals surface area contributed by atoms with Gasteiger partial charge in [-0.05, 0) is 23.3 Å². The predicted octanol–water partition coefficient (Wildman–Crippen LogP) is 2.45. The summed E-state index contributed by atoms with van der Waals surface area (Å²) < 4.78 is 14.7. The Kier molecular flexibility index (Phi) is 7.69. The SMILES string of the molecule is CC(=O)N[C@H](Cc1ccccc1F)C(=O)N[C@H](Cc1ccccc1Br)C(=O)O. The number of halogens is 2. The van der Waals surface area contributed by atoms with Crippen molar-refractivity contribution in [3.8, 4) is 0 Å². The number of carboxylic acids is 1. The summed E-state index contributed by atoms with van der Waals surface area (Å²) >= 11 is 3.35. The second kappa shape index (κ2) is 9.98. The van der Waals surface area contributed by atoms with Gasteiger partial charge in [0, 0.05) is 24.2 Å². The first-order valence-electron chi connectivity index (χ1n) is 8.55. The zero-order chi connectivity index (χ0) is 20.7. The third-order valence-corrected chi connectivity index (χ3v) is 4.85. The van der Waals surface area contributed by atoms with Crippen molar-refractivity contribution >= 4 is 33.7 Å². The number of carbonyl (C=O) groups is 3. The van der Waals surface area contributed by atoms with Crippen LogP contribution >= 0.6 is 15.9 Å². The maximum absolute atomic E-state index is 13.9. The standard InChI is InChI=1S/C20H20BrFN2O4/c1-12(25)23-17(11-14-7-3-5-9-16(14)22)19(26)24-18(20(27)28)10-13-6-2-4-8-15(13)21/h2-9,17-18H,10-11H2,1H3,(H,23,25)(H,24,26)(H,27,28)/t17-,18-/m1/s1. The number of carbonyl (C=O) groups excluding carboxylic acids is 2. The first-order valence-corrected chi connectivity index (χ1v) is 9.34. The van der Waals surface area contributed by atoms with E-state index in [4.69, 9.17) is 0 Å². The quantitative estimate of drug-likeness (QED) is 0.575. The lowest BCUT2D eigenvalue weighted by molar-refractivity contribution is -0.142. The zero-order valence-electron chi connectivity index (χ0n) is 15.1. The zero-order valence-corrected chi connectivity index (χ0v) is 16.7. The molecule has 0 aliphatic heterocycles. The van der Waals surface area contributed by atoms with Gasteiger partial charge in [-0.15, -0.1) is 0 Å². The maximum atomic E-state index is 13.9. The number of benzene rings is 2. The lowest BCUT2D eigenvalue weighted by Gasteiger charge is -2.21. The summed E-state index contributed by atoms with van der Waals surface area (Å²) in [5, 5.41) is 14.4. The molecule has 6 nitrogen and oxygen atoms in total. The first kappa shape index (κ1) is 21.6.